The minimum Gasteiger partial charge on any atom is -0.367 e. The van der Waals surface area contributed by atoms with Crippen LogP contribution < -0.4 is 0 Å². The molecule has 0 radical (unpaired) electrons. The maximum atomic E-state index is 14.2. The zero-order valence-corrected chi connectivity index (χ0v) is 18.1. The molecule has 0 unspecified atom stereocenters. The summed E-state index contributed by atoms with van der Waals surface area (Å²) >= 11 is 0. The number of alkyl halides is 1. The van der Waals surface area contributed by atoms with Gasteiger partial charge in [0.15, 0.2) is 0 Å². The van der Waals surface area contributed by atoms with Crippen LogP contribution in [-0.2, 0) is 29.2 Å². The van der Waals surface area contributed by atoms with E-state index in [1.807, 2.05) is 78.9 Å². The topological polar surface area (TPSA) is 41.9 Å². The third kappa shape index (κ3) is 5.61. The monoisotopic (exact) mass is 435 g/mol. The molecule has 168 valence electrons. The number of rotatable bonds is 9. The molecule has 1 saturated heterocycles. The molecule has 3 atom stereocenters. The summed E-state index contributed by atoms with van der Waals surface area (Å²) in [7, 11) is 0. The summed E-state index contributed by atoms with van der Waals surface area (Å²) in [5.74, 6) is -2.43. The molecular weight excluding hydrogens is 405 g/mol. The van der Waals surface area contributed by atoms with Crippen LogP contribution >= 0.6 is 0 Å². The highest BCUT2D eigenvalue weighted by atomic mass is 19.1. The van der Waals surface area contributed by atoms with E-state index in [0.29, 0.717) is 26.2 Å². The standard InChI is InChI=1S/C27H30FNO3/c28-16-25-18-29(17-22-10-4-1-5-11-22)19-26(31-20-23-12-6-2-7-13-23)27(25,30)32-21-24-14-8-3-9-15-24/h1-15,25-26,30H,16-21H2/t25-,26+,27+/m0/s1. The second-order valence-electron chi connectivity index (χ2n) is 8.34. The lowest BCUT2D eigenvalue weighted by Gasteiger charge is -2.48. The van der Waals surface area contributed by atoms with Gasteiger partial charge in [0.25, 0.3) is 0 Å². The van der Waals surface area contributed by atoms with E-state index in [2.05, 4.69) is 17.0 Å². The zero-order valence-electron chi connectivity index (χ0n) is 18.1. The van der Waals surface area contributed by atoms with Gasteiger partial charge in [-0.3, -0.25) is 9.29 Å². The minimum atomic E-state index is -1.72. The molecule has 1 fully saturated rings. The molecular formula is C27H30FNO3. The second-order valence-corrected chi connectivity index (χ2v) is 8.34. The number of halogens is 1. The van der Waals surface area contributed by atoms with Crippen LogP contribution in [0.1, 0.15) is 16.7 Å². The largest absolute Gasteiger partial charge is 0.367 e. The predicted molar refractivity (Wildman–Crippen MR) is 122 cm³/mol. The van der Waals surface area contributed by atoms with Crippen LogP contribution in [0.3, 0.4) is 0 Å². The normalized spacial score (nSPS) is 23.8. The molecule has 0 aromatic heterocycles. The number of benzene rings is 3. The zero-order chi connectivity index (χ0) is 22.2. The van der Waals surface area contributed by atoms with Gasteiger partial charge in [0.1, 0.15) is 6.10 Å². The minimum absolute atomic E-state index is 0.192. The lowest BCUT2D eigenvalue weighted by atomic mass is 9.88. The number of nitrogens with zero attached hydrogens (tertiary/aromatic N) is 1. The highest BCUT2D eigenvalue weighted by molar-refractivity contribution is 5.16. The smallest absolute Gasteiger partial charge is 0.200 e. The fraction of sp³-hybridized carbons (Fsp3) is 0.333. The number of hydrogen-bond donors (Lipinski definition) is 1. The van der Waals surface area contributed by atoms with Crippen molar-refractivity contribution in [3.8, 4) is 0 Å². The Labute approximate surface area is 189 Å². The van der Waals surface area contributed by atoms with Crippen molar-refractivity contribution in [2.24, 2.45) is 5.92 Å². The Balaban J connectivity index is 1.53. The molecule has 1 aliphatic rings. The van der Waals surface area contributed by atoms with Crippen molar-refractivity contribution in [1.82, 2.24) is 4.90 Å². The summed E-state index contributed by atoms with van der Waals surface area (Å²) in [6.45, 7) is 1.32. The van der Waals surface area contributed by atoms with Gasteiger partial charge in [-0.1, -0.05) is 91.0 Å². The van der Waals surface area contributed by atoms with E-state index in [1.54, 1.807) is 0 Å². The fourth-order valence-electron chi connectivity index (χ4n) is 4.20. The molecule has 4 rings (SSSR count). The fourth-order valence-corrected chi connectivity index (χ4v) is 4.20. The summed E-state index contributed by atoms with van der Waals surface area (Å²) in [5.41, 5.74) is 3.06. The van der Waals surface area contributed by atoms with Crippen molar-refractivity contribution >= 4 is 0 Å². The van der Waals surface area contributed by atoms with E-state index in [-0.39, 0.29) is 6.61 Å². The van der Waals surface area contributed by atoms with E-state index in [0.717, 1.165) is 16.7 Å². The maximum Gasteiger partial charge on any atom is 0.200 e. The SMILES string of the molecule is O[C@@]1(OCc2ccccc2)[C@@H](CF)CN(Cc2ccccc2)C[C@H]1OCc1ccccc1. The lowest BCUT2D eigenvalue weighted by Crippen LogP contribution is -2.63. The van der Waals surface area contributed by atoms with Crippen LogP contribution in [-0.4, -0.2) is 41.7 Å². The number of likely N-dealkylation sites (tertiary alicyclic amines) is 1. The van der Waals surface area contributed by atoms with E-state index < -0.39 is 24.5 Å². The third-order valence-corrected chi connectivity index (χ3v) is 5.99. The second kappa shape index (κ2) is 10.8. The van der Waals surface area contributed by atoms with Gasteiger partial charge in [-0.2, -0.15) is 0 Å². The van der Waals surface area contributed by atoms with E-state index in [1.165, 1.54) is 0 Å². The van der Waals surface area contributed by atoms with Crippen LogP contribution in [0.5, 0.6) is 0 Å². The quantitative estimate of drug-likeness (QED) is 0.500. The molecule has 4 nitrogen and oxygen atoms in total. The molecule has 32 heavy (non-hydrogen) atoms. The summed E-state index contributed by atoms with van der Waals surface area (Å²) < 4.78 is 26.4. The van der Waals surface area contributed by atoms with Crippen LogP contribution in [0.2, 0.25) is 0 Å². The molecule has 1 heterocycles. The van der Waals surface area contributed by atoms with Gasteiger partial charge >= 0.3 is 0 Å². The molecule has 0 aliphatic carbocycles. The Hall–Kier alpha value is -2.57. The molecule has 5 heteroatoms. The molecule has 0 spiro atoms. The highest BCUT2D eigenvalue weighted by Gasteiger charge is 2.51. The van der Waals surface area contributed by atoms with E-state index >= 15 is 0 Å². The third-order valence-electron chi connectivity index (χ3n) is 5.99. The maximum absolute atomic E-state index is 14.2. The van der Waals surface area contributed by atoms with Crippen molar-refractivity contribution in [2.45, 2.75) is 31.6 Å². The Morgan fingerprint density at radius 2 is 1.31 bits per heavy atom. The average Bonchev–Trinajstić information content (AvgIpc) is 2.85. The molecule has 1 N–H and O–H groups in total. The summed E-state index contributed by atoms with van der Waals surface area (Å²) in [5, 5.41) is 11.6. The van der Waals surface area contributed by atoms with Crippen LogP contribution in [0.25, 0.3) is 0 Å². The Morgan fingerprint density at radius 3 is 1.88 bits per heavy atom. The van der Waals surface area contributed by atoms with Gasteiger partial charge < -0.3 is 14.6 Å². The summed E-state index contributed by atoms with van der Waals surface area (Å²) in [6, 6.07) is 29.5. The molecule has 0 amide bonds. The lowest BCUT2D eigenvalue weighted by molar-refractivity contribution is -0.322. The van der Waals surface area contributed by atoms with Crippen molar-refractivity contribution in [3.05, 3.63) is 108 Å². The van der Waals surface area contributed by atoms with Gasteiger partial charge in [-0.15, -0.1) is 0 Å². The Morgan fingerprint density at radius 1 is 0.781 bits per heavy atom. The number of aliphatic hydroxyl groups is 1. The van der Waals surface area contributed by atoms with Crippen LogP contribution in [0.4, 0.5) is 4.39 Å². The van der Waals surface area contributed by atoms with Crippen molar-refractivity contribution in [1.29, 1.82) is 0 Å². The van der Waals surface area contributed by atoms with Crippen molar-refractivity contribution in [2.75, 3.05) is 19.8 Å². The van der Waals surface area contributed by atoms with Crippen molar-refractivity contribution in [3.63, 3.8) is 0 Å². The molecule has 0 saturated carbocycles. The van der Waals surface area contributed by atoms with Gasteiger partial charge in [0, 0.05) is 19.6 Å². The average molecular weight is 436 g/mol. The van der Waals surface area contributed by atoms with Crippen molar-refractivity contribution < 1.29 is 19.0 Å². The first kappa shape index (κ1) is 22.6. The number of piperidine rings is 1. The highest BCUT2D eigenvalue weighted by Crippen LogP contribution is 2.34. The van der Waals surface area contributed by atoms with Gasteiger partial charge in [-0.05, 0) is 16.7 Å². The van der Waals surface area contributed by atoms with Crippen LogP contribution in [0.15, 0.2) is 91.0 Å². The Kier molecular flexibility index (Phi) is 7.66. The molecule has 3 aromatic rings. The van der Waals surface area contributed by atoms with E-state index in [4.69, 9.17) is 9.47 Å². The summed E-state index contributed by atoms with van der Waals surface area (Å²) in [6.07, 6.45) is -0.690. The first-order valence-electron chi connectivity index (χ1n) is 11.1. The van der Waals surface area contributed by atoms with Gasteiger partial charge in [0.05, 0.1) is 25.8 Å². The molecule has 1 aliphatic heterocycles. The van der Waals surface area contributed by atoms with Gasteiger partial charge in [-0.25, -0.2) is 0 Å². The first-order chi connectivity index (χ1) is 15.7. The molecule has 3 aromatic carbocycles. The molecule has 0 bridgehead atoms. The predicted octanol–water partition coefficient (Wildman–Crippen LogP) is 4.58. The van der Waals surface area contributed by atoms with Crippen LogP contribution in [0, 0.1) is 5.92 Å². The Bertz CT molecular complexity index is 941. The van der Waals surface area contributed by atoms with E-state index in [9.17, 15) is 9.50 Å². The van der Waals surface area contributed by atoms with Gasteiger partial charge in [0.2, 0.25) is 5.79 Å². The first-order valence-corrected chi connectivity index (χ1v) is 11.1. The summed E-state index contributed by atoms with van der Waals surface area (Å²) in [4.78, 5) is 2.13. The number of ether oxygens (including phenoxy) is 2. The number of hydrogen-bond acceptors (Lipinski definition) is 4.